The molecule has 0 bridgehead atoms. The molecule has 1 aliphatic heterocycles. The van der Waals surface area contributed by atoms with Crippen molar-refractivity contribution in [3.05, 3.63) is 45.7 Å². The standard InChI is InChI=1S/C19H24N4O2S/c1-19(7-5-6-12(10-19)17(25)22(2)3)13-8-15(26-11-13)14-9-16(24)23(4)18(20)21-14/h5-6,8,10-11,14H,7,9H2,1-4H3,(H2,20,21)/t14-,19?/m0/s1. The molecule has 2 heterocycles. The van der Waals surface area contributed by atoms with Gasteiger partial charge >= 0.3 is 0 Å². The van der Waals surface area contributed by atoms with Gasteiger partial charge in [0.15, 0.2) is 5.96 Å². The minimum Gasteiger partial charge on any atom is -0.369 e. The number of guanidine groups is 1. The van der Waals surface area contributed by atoms with Crippen molar-refractivity contribution in [2.45, 2.75) is 31.2 Å². The summed E-state index contributed by atoms with van der Waals surface area (Å²) in [6.07, 6.45) is 7.12. The lowest BCUT2D eigenvalue weighted by Gasteiger charge is -2.28. The lowest BCUT2D eigenvalue weighted by molar-refractivity contribution is -0.127. The summed E-state index contributed by atoms with van der Waals surface area (Å²) >= 11 is 1.59. The first kappa shape index (κ1) is 18.4. The van der Waals surface area contributed by atoms with E-state index in [1.807, 2.05) is 18.2 Å². The zero-order valence-electron chi connectivity index (χ0n) is 15.5. The average Bonchev–Trinajstić information content (AvgIpc) is 3.09. The van der Waals surface area contributed by atoms with E-state index < -0.39 is 0 Å². The van der Waals surface area contributed by atoms with E-state index in [0.29, 0.717) is 12.0 Å². The Morgan fingerprint density at radius 1 is 1.46 bits per heavy atom. The fraction of sp³-hybridized carbons (Fsp3) is 0.421. The first-order valence-corrected chi connectivity index (χ1v) is 9.39. The van der Waals surface area contributed by atoms with Crippen LogP contribution in [-0.4, -0.2) is 48.7 Å². The molecule has 6 nitrogen and oxygen atoms in total. The number of amides is 2. The molecule has 1 aromatic heterocycles. The number of carbonyl (C=O) groups excluding carboxylic acids is 2. The van der Waals surface area contributed by atoms with Gasteiger partial charge in [0.05, 0.1) is 12.5 Å². The van der Waals surface area contributed by atoms with E-state index in [2.05, 4.69) is 23.4 Å². The summed E-state index contributed by atoms with van der Waals surface area (Å²) in [5.41, 5.74) is 7.43. The molecule has 0 radical (unpaired) electrons. The normalized spacial score (nSPS) is 25.8. The van der Waals surface area contributed by atoms with Crippen molar-refractivity contribution in [2.75, 3.05) is 21.1 Å². The molecule has 0 spiro atoms. The van der Waals surface area contributed by atoms with Gasteiger partial charge in [0, 0.05) is 37.0 Å². The second-order valence-electron chi connectivity index (χ2n) is 7.22. The molecule has 0 aromatic carbocycles. The maximum absolute atomic E-state index is 12.3. The van der Waals surface area contributed by atoms with Crippen LogP contribution in [0.1, 0.15) is 36.2 Å². The maximum Gasteiger partial charge on any atom is 0.253 e. The lowest BCUT2D eigenvalue weighted by Crippen LogP contribution is -2.42. The van der Waals surface area contributed by atoms with Gasteiger partial charge < -0.3 is 10.6 Å². The summed E-state index contributed by atoms with van der Waals surface area (Å²) in [7, 11) is 5.15. The molecular weight excluding hydrogens is 348 g/mol. The Morgan fingerprint density at radius 3 is 2.85 bits per heavy atom. The van der Waals surface area contributed by atoms with Crippen molar-refractivity contribution in [3.63, 3.8) is 0 Å². The number of nitrogens with zero attached hydrogens (tertiary/aromatic N) is 3. The third kappa shape index (κ3) is 3.31. The van der Waals surface area contributed by atoms with Crippen LogP contribution in [0.5, 0.6) is 0 Å². The van der Waals surface area contributed by atoms with Crippen molar-refractivity contribution in [1.29, 1.82) is 0 Å². The summed E-state index contributed by atoms with van der Waals surface area (Å²) < 4.78 is 0. The summed E-state index contributed by atoms with van der Waals surface area (Å²) in [5.74, 6) is 0.232. The van der Waals surface area contributed by atoms with Crippen molar-refractivity contribution in [3.8, 4) is 0 Å². The van der Waals surface area contributed by atoms with E-state index >= 15 is 0 Å². The molecule has 2 N–H and O–H groups in total. The topological polar surface area (TPSA) is 79.0 Å². The minimum atomic E-state index is -0.255. The number of hydrogen-bond acceptors (Lipinski definition) is 5. The van der Waals surface area contributed by atoms with E-state index in [9.17, 15) is 9.59 Å². The molecule has 2 atom stereocenters. The Hall–Kier alpha value is -2.41. The summed E-state index contributed by atoms with van der Waals surface area (Å²) in [6, 6.07) is 1.87. The van der Waals surface area contributed by atoms with Crippen LogP contribution < -0.4 is 5.73 Å². The first-order valence-electron chi connectivity index (χ1n) is 8.51. The van der Waals surface area contributed by atoms with Crippen LogP contribution in [0.4, 0.5) is 0 Å². The summed E-state index contributed by atoms with van der Waals surface area (Å²) in [5, 5.41) is 2.09. The van der Waals surface area contributed by atoms with Crippen LogP contribution in [0.2, 0.25) is 0 Å². The molecule has 0 fully saturated rings. The zero-order chi connectivity index (χ0) is 19.1. The number of hydrogen-bond donors (Lipinski definition) is 1. The Labute approximate surface area is 157 Å². The highest BCUT2D eigenvalue weighted by Crippen LogP contribution is 2.39. The predicted molar refractivity (Wildman–Crippen MR) is 104 cm³/mol. The van der Waals surface area contributed by atoms with E-state index in [1.165, 1.54) is 4.90 Å². The van der Waals surface area contributed by atoms with Gasteiger partial charge in [0.2, 0.25) is 5.91 Å². The van der Waals surface area contributed by atoms with Crippen LogP contribution in [-0.2, 0) is 15.0 Å². The van der Waals surface area contributed by atoms with Crippen LogP contribution in [0, 0.1) is 0 Å². The Kier molecular flexibility index (Phi) is 4.75. The molecule has 138 valence electrons. The molecule has 0 saturated carbocycles. The number of carbonyl (C=O) groups is 2. The fourth-order valence-electron chi connectivity index (χ4n) is 3.19. The highest BCUT2D eigenvalue weighted by Gasteiger charge is 2.31. The minimum absolute atomic E-state index is 0.000848. The van der Waals surface area contributed by atoms with Gasteiger partial charge in [-0.15, -0.1) is 11.3 Å². The lowest BCUT2D eigenvalue weighted by atomic mass is 9.76. The summed E-state index contributed by atoms with van der Waals surface area (Å²) in [4.78, 5) is 32.8. The number of likely N-dealkylation sites (N-methyl/N-ethyl adjacent to an activating group) is 1. The van der Waals surface area contributed by atoms with Crippen LogP contribution in [0.3, 0.4) is 0 Å². The Morgan fingerprint density at radius 2 is 2.19 bits per heavy atom. The number of rotatable bonds is 3. The molecule has 7 heteroatoms. The van der Waals surface area contributed by atoms with E-state index in [-0.39, 0.29) is 29.2 Å². The van der Waals surface area contributed by atoms with E-state index in [4.69, 9.17) is 5.73 Å². The maximum atomic E-state index is 12.3. The highest BCUT2D eigenvalue weighted by atomic mass is 32.1. The van der Waals surface area contributed by atoms with Gasteiger partial charge in [-0.2, -0.15) is 0 Å². The number of aliphatic imine (C=N–C) groups is 1. The van der Waals surface area contributed by atoms with Crippen LogP contribution in [0.25, 0.3) is 0 Å². The van der Waals surface area contributed by atoms with Gasteiger partial charge in [-0.05, 0) is 23.4 Å². The predicted octanol–water partition coefficient (Wildman–Crippen LogP) is 2.20. The smallest absolute Gasteiger partial charge is 0.253 e. The SMILES string of the molecule is CN(C)C(=O)C1=CC(C)(c2csc([C@@H]3CC(=O)N(C)C(N)=N3)c2)CC=C1. The molecule has 2 amide bonds. The van der Waals surface area contributed by atoms with Crippen LogP contribution in [0.15, 0.2) is 40.2 Å². The van der Waals surface area contributed by atoms with Crippen molar-refractivity contribution < 1.29 is 9.59 Å². The molecule has 1 aliphatic carbocycles. The number of nitrogens with two attached hydrogens (primary N) is 1. The van der Waals surface area contributed by atoms with Gasteiger partial charge in [-0.1, -0.05) is 25.2 Å². The Bertz CT molecular complexity index is 836. The highest BCUT2D eigenvalue weighted by molar-refractivity contribution is 7.10. The zero-order valence-corrected chi connectivity index (χ0v) is 16.3. The molecule has 2 aliphatic rings. The number of allylic oxidation sites excluding steroid dienone is 2. The van der Waals surface area contributed by atoms with E-state index in [1.54, 1.807) is 37.4 Å². The first-order chi connectivity index (χ1) is 12.2. The Balaban J connectivity index is 1.89. The van der Waals surface area contributed by atoms with E-state index in [0.717, 1.165) is 16.9 Å². The monoisotopic (exact) mass is 372 g/mol. The third-order valence-electron chi connectivity index (χ3n) is 4.95. The second-order valence-corrected chi connectivity index (χ2v) is 8.16. The van der Waals surface area contributed by atoms with Crippen molar-refractivity contribution in [2.24, 2.45) is 10.7 Å². The van der Waals surface area contributed by atoms with Gasteiger partial charge in [0.1, 0.15) is 0 Å². The molecule has 1 aromatic rings. The molecule has 1 unspecified atom stereocenters. The largest absolute Gasteiger partial charge is 0.369 e. The van der Waals surface area contributed by atoms with Crippen molar-refractivity contribution >= 4 is 29.1 Å². The van der Waals surface area contributed by atoms with Crippen LogP contribution >= 0.6 is 11.3 Å². The fourth-order valence-corrected chi connectivity index (χ4v) is 4.28. The number of thiophene rings is 1. The summed E-state index contributed by atoms with van der Waals surface area (Å²) in [6.45, 7) is 2.13. The average molecular weight is 372 g/mol. The molecular formula is C19H24N4O2S. The van der Waals surface area contributed by atoms with Gasteiger partial charge in [-0.25, -0.2) is 4.99 Å². The van der Waals surface area contributed by atoms with Crippen molar-refractivity contribution in [1.82, 2.24) is 9.80 Å². The van der Waals surface area contributed by atoms with Gasteiger partial charge in [-0.3, -0.25) is 14.5 Å². The quantitative estimate of drug-likeness (QED) is 0.883. The third-order valence-corrected chi connectivity index (χ3v) is 5.98. The van der Waals surface area contributed by atoms with Gasteiger partial charge in [0.25, 0.3) is 5.91 Å². The second kappa shape index (κ2) is 6.72. The molecule has 0 saturated heterocycles. The molecule has 3 rings (SSSR count). The molecule has 26 heavy (non-hydrogen) atoms.